The SMILES string of the molecule is CCC(C)CCCCCCCCCCCCCCCCCCCCC(=O)OC[C@H](COP(=O)(O)OCC(O)COP(=O)(O)OC[C@@H](COC(=O)CCCCCCCCCC(C)C)OC(=O)CCCCCCCCC(C)C)OC(=O)CCCCCCCCCCCCCCC(C)C. The molecule has 3 N–H and O–H groups in total. The molecule has 0 aromatic heterocycles. The van der Waals surface area contributed by atoms with E-state index in [0.717, 1.165) is 108 Å². The van der Waals surface area contributed by atoms with Crippen LogP contribution in [0.1, 0.15) is 389 Å². The highest BCUT2D eigenvalue weighted by Gasteiger charge is 2.30. The van der Waals surface area contributed by atoms with Crippen molar-refractivity contribution in [3.8, 4) is 0 Å². The summed E-state index contributed by atoms with van der Waals surface area (Å²) < 4.78 is 68.4. The van der Waals surface area contributed by atoms with Crippen LogP contribution in [0.5, 0.6) is 0 Å². The molecule has 0 saturated heterocycles. The van der Waals surface area contributed by atoms with Gasteiger partial charge in [0.2, 0.25) is 0 Å². The minimum absolute atomic E-state index is 0.101. The largest absolute Gasteiger partial charge is 0.472 e. The van der Waals surface area contributed by atoms with E-state index >= 15 is 0 Å². The molecule has 0 fully saturated rings. The van der Waals surface area contributed by atoms with Crippen molar-refractivity contribution in [2.24, 2.45) is 23.7 Å². The number of hydrogen-bond acceptors (Lipinski definition) is 15. The number of phosphoric acid groups is 2. The molecule has 0 amide bonds. The van der Waals surface area contributed by atoms with Gasteiger partial charge in [-0.1, -0.05) is 338 Å². The summed E-state index contributed by atoms with van der Waals surface area (Å²) in [4.78, 5) is 72.7. The summed E-state index contributed by atoms with van der Waals surface area (Å²) in [7, 11) is -9.91. The predicted molar refractivity (Wildman–Crippen MR) is 391 cm³/mol. The number of carbonyl (C=O) groups is 4. The van der Waals surface area contributed by atoms with Gasteiger partial charge >= 0.3 is 39.5 Å². The third-order valence-electron chi connectivity index (χ3n) is 18.2. The first-order chi connectivity index (χ1) is 46.1. The van der Waals surface area contributed by atoms with Gasteiger partial charge in [-0.3, -0.25) is 37.3 Å². The number of aliphatic hydroxyl groups is 1. The van der Waals surface area contributed by atoms with E-state index in [1.54, 1.807) is 0 Å². The van der Waals surface area contributed by atoms with Crippen molar-refractivity contribution in [3.05, 3.63) is 0 Å². The second kappa shape index (κ2) is 66.3. The zero-order chi connectivity index (χ0) is 71.0. The summed E-state index contributed by atoms with van der Waals surface area (Å²) in [6.45, 7) is 14.1. The molecule has 0 spiro atoms. The number of esters is 4. The Balaban J connectivity index is 5.16. The lowest BCUT2D eigenvalue weighted by Crippen LogP contribution is -2.30. The smallest absolute Gasteiger partial charge is 0.462 e. The molecule has 0 saturated carbocycles. The van der Waals surface area contributed by atoms with Gasteiger partial charge in [-0.2, -0.15) is 0 Å². The van der Waals surface area contributed by atoms with Crippen LogP contribution in [0, 0.1) is 23.7 Å². The van der Waals surface area contributed by atoms with Gasteiger partial charge in [-0.25, -0.2) is 9.13 Å². The van der Waals surface area contributed by atoms with Crippen LogP contribution in [-0.4, -0.2) is 96.7 Å². The van der Waals surface area contributed by atoms with Crippen molar-refractivity contribution in [1.29, 1.82) is 0 Å². The molecule has 4 unspecified atom stereocenters. The first-order valence-electron chi connectivity index (χ1n) is 39.7. The summed E-state index contributed by atoms with van der Waals surface area (Å²) in [5, 5.41) is 10.6. The van der Waals surface area contributed by atoms with Crippen LogP contribution in [0.2, 0.25) is 0 Å². The zero-order valence-electron chi connectivity index (χ0n) is 63.0. The summed E-state index contributed by atoms with van der Waals surface area (Å²) in [6, 6.07) is 0. The number of hydrogen-bond donors (Lipinski definition) is 3. The number of phosphoric ester groups is 2. The van der Waals surface area contributed by atoms with Crippen molar-refractivity contribution in [3.63, 3.8) is 0 Å². The molecule has 0 aliphatic carbocycles. The van der Waals surface area contributed by atoms with E-state index in [1.165, 1.54) is 186 Å². The highest BCUT2D eigenvalue weighted by molar-refractivity contribution is 7.47. The number of unbranched alkanes of at least 4 members (excludes halogenated alkanes) is 39. The van der Waals surface area contributed by atoms with Crippen LogP contribution in [0.4, 0.5) is 0 Å². The predicted octanol–water partition coefficient (Wildman–Crippen LogP) is 22.4. The van der Waals surface area contributed by atoms with Gasteiger partial charge in [0, 0.05) is 25.7 Å². The molecule has 0 bridgehead atoms. The number of carbonyl (C=O) groups excluding carboxylic acids is 4. The normalized spacial score (nSPS) is 14.4. The van der Waals surface area contributed by atoms with Gasteiger partial charge in [-0.05, 0) is 49.4 Å². The highest BCUT2D eigenvalue weighted by Crippen LogP contribution is 2.45. The second-order valence-electron chi connectivity index (χ2n) is 29.4. The number of aliphatic hydroxyl groups excluding tert-OH is 1. The van der Waals surface area contributed by atoms with Crippen molar-refractivity contribution < 1.29 is 80.2 Å². The Morgan fingerprint density at radius 1 is 0.292 bits per heavy atom. The average Bonchev–Trinajstić information content (AvgIpc) is 1.25. The lowest BCUT2D eigenvalue weighted by Gasteiger charge is -2.21. The van der Waals surface area contributed by atoms with E-state index < -0.39 is 97.5 Å². The van der Waals surface area contributed by atoms with E-state index in [2.05, 4.69) is 55.4 Å². The van der Waals surface area contributed by atoms with Crippen molar-refractivity contribution >= 4 is 39.5 Å². The summed E-state index contributed by atoms with van der Waals surface area (Å²) in [5.41, 5.74) is 0. The molecule has 6 atom stereocenters. The van der Waals surface area contributed by atoms with Crippen molar-refractivity contribution in [1.82, 2.24) is 0 Å². The molecule has 0 aromatic carbocycles. The second-order valence-corrected chi connectivity index (χ2v) is 32.3. The molecular formula is C77H150O17P2. The first-order valence-corrected chi connectivity index (χ1v) is 42.7. The monoisotopic (exact) mass is 1410 g/mol. The highest BCUT2D eigenvalue weighted by atomic mass is 31.2. The fraction of sp³-hybridized carbons (Fsp3) is 0.948. The molecule has 96 heavy (non-hydrogen) atoms. The Kier molecular flexibility index (Phi) is 65.0. The van der Waals surface area contributed by atoms with Crippen LogP contribution in [-0.2, 0) is 65.4 Å². The summed E-state index contributed by atoms with van der Waals surface area (Å²) in [6.07, 6.45) is 51.8. The van der Waals surface area contributed by atoms with Crippen LogP contribution >= 0.6 is 15.6 Å². The molecule has 0 aromatic rings. The number of ether oxygens (including phenoxy) is 4. The summed E-state index contributed by atoms with van der Waals surface area (Å²) >= 11 is 0. The Morgan fingerprint density at radius 2 is 0.500 bits per heavy atom. The molecule has 570 valence electrons. The molecule has 0 heterocycles. The Hall–Kier alpha value is -1.94. The Morgan fingerprint density at radius 3 is 0.740 bits per heavy atom. The van der Waals surface area contributed by atoms with Gasteiger partial charge in [-0.15, -0.1) is 0 Å². The Bertz CT molecular complexity index is 1890. The number of rotatable bonds is 74. The van der Waals surface area contributed by atoms with Gasteiger partial charge in [0.15, 0.2) is 12.2 Å². The van der Waals surface area contributed by atoms with Crippen molar-refractivity contribution in [2.45, 2.75) is 408 Å². The van der Waals surface area contributed by atoms with E-state index in [0.29, 0.717) is 37.5 Å². The minimum Gasteiger partial charge on any atom is -0.462 e. The van der Waals surface area contributed by atoms with Crippen LogP contribution in [0.3, 0.4) is 0 Å². The van der Waals surface area contributed by atoms with Crippen molar-refractivity contribution in [2.75, 3.05) is 39.6 Å². The van der Waals surface area contributed by atoms with E-state index in [-0.39, 0.29) is 25.7 Å². The van der Waals surface area contributed by atoms with Crippen LogP contribution < -0.4 is 0 Å². The van der Waals surface area contributed by atoms with Gasteiger partial charge in [0.25, 0.3) is 0 Å². The first kappa shape index (κ1) is 94.1. The maximum absolute atomic E-state index is 13.1. The lowest BCUT2D eigenvalue weighted by atomic mass is 9.99. The zero-order valence-corrected chi connectivity index (χ0v) is 64.8. The molecular weight excluding hydrogens is 1260 g/mol. The molecule has 19 heteroatoms. The van der Waals surface area contributed by atoms with Crippen LogP contribution in [0.15, 0.2) is 0 Å². The fourth-order valence-electron chi connectivity index (χ4n) is 11.7. The standard InChI is InChI=1S/C77H150O17P2/c1-9-70(8)56-48-40-31-25-21-16-14-12-10-11-13-15-17-22-26-32-41-49-57-74(79)87-63-72(93-76(81)59-51-43-33-27-23-19-18-20-24-29-37-45-53-67(2)3)65-91-95(83,84)89-61-71(78)62-90-96(85,86)92-66-73(94-77(82)60-52-44-36-35-39-47-55-69(6)7)64-88-75(80)58-50-42-34-28-30-38-46-54-68(4)5/h67-73,78H,9-66H2,1-8H3,(H,83,84)(H,85,86)/t70?,71?,72-,73-/m1/s1. The third kappa shape index (κ3) is 69.2. The third-order valence-corrected chi connectivity index (χ3v) is 20.1. The molecule has 17 nitrogen and oxygen atoms in total. The quantitative estimate of drug-likeness (QED) is 0.0222. The molecule has 0 rings (SSSR count). The van der Waals surface area contributed by atoms with Gasteiger partial charge in [0.1, 0.15) is 19.3 Å². The minimum atomic E-state index is -4.96. The molecule has 0 aliphatic heterocycles. The summed E-state index contributed by atoms with van der Waals surface area (Å²) in [5.74, 6) is 0.899. The maximum Gasteiger partial charge on any atom is 0.472 e. The molecule has 0 radical (unpaired) electrons. The Labute approximate surface area is 588 Å². The molecule has 0 aliphatic rings. The topological polar surface area (TPSA) is 237 Å². The van der Waals surface area contributed by atoms with Crippen LogP contribution in [0.25, 0.3) is 0 Å². The van der Waals surface area contributed by atoms with E-state index in [4.69, 9.17) is 37.0 Å². The average molecular weight is 1410 g/mol. The van der Waals surface area contributed by atoms with Gasteiger partial charge < -0.3 is 33.8 Å². The lowest BCUT2D eigenvalue weighted by molar-refractivity contribution is -0.161. The van der Waals surface area contributed by atoms with Gasteiger partial charge in [0.05, 0.1) is 26.4 Å². The van der Waals surface area contributed by atoms with E-state index in [9.17, 15) is 43.2 Å². The maximum atomic E-state index is 13.1. The van der Waals surface area contributed by atoms with E-state index in [1.807, 2.05) is 0 Å². The fourth-order valence-corrected chi connectivity index (χ4v) is 13.3.